The highest BCUT2D eigenvalue weighted by molar-refractivity contribution is 4.92. The van der Waals surface area contributed by atoms with Crippen molar-refractivity contribution < 1.29 is 0 Å². The minimum atomic E-state index is 0.793. The first kappa shape index (κ1) is 14.3. The summed E-state index contributed by atoms with van der Waals surface area (Å²) in [6.45, 7) is 13.2. The molecule has 2 atom stereocenters. The summed E-state index contributed by atoms with van der Waals surface area (Å²) in [5.74, 6) is 2.51. The molecule has 0 saturated heterocycles. The molecule has 0 radical (unpaired) electrons. The van der Waals surface area contributed by atoms with Crippen LogP contribution in [0.15, 0.2) is 0 Å². The summed E-state index contributed by atoms with van der Waals surface area (Å²) in [7, 11) is 0. The van der Waals surface area contributed by atoms with E-state index in [0.717, 1.165) is 29.8 Å². The molecule has 18 heavy (non-hydrogen) atoms. The molecular formula is C16H32N2. The SMILES string of the molecule is CC(C)CN(CC(C)C)C1CCC1CNC1CC1. The highest BCUT2D eigenvalue weighted by atomic mass is 15.2. The third-order valence-corrected chi connectivity index (χ3v) is 4.29. The maximum absolute atomic E-state index is 3.72. The van der Waals surface area contributed by atoms with E-state index in [9.17, 15) is 0 Å². The van der Waals surface area contributed by atoms with Crippen LogP contribution in [-0.4, -0.2) is 36.6 Å². The molecule has 2 aliphatic rings. The quantitative estimate of drug-likeness (QED) is 0.714. The van der Waals surface area contributed by atoms with Crippen LogP contribution in [0.2, 0.25) is 0 Å². The highest BCUT2D eigenvalue weighted by Crippen LogP contribution is 2.33. The topological polar surface area (TPSA) is 15.3 Å². The molecule has 2 nitrogen and oxygen atoms in total. The van der Waals surface area contributed by atoms with Crippen molar-refractivity contribution in [1.82, 2.24) is 10.2 Å². The summed E-state index contributed by atoms with van der Waals surface area (Å²) in [5, 5.41) is 3.72. The van der Waals surface area contributed by atoms with Gasteiger partial charge in [0.15, 0.2) is 0 Å². The number of rotatable bonds is 8. The first-order chi connectivity index (χ1) is 8.56. The molecule has 0 bridgehead atoms. The molecule has 0 spiro atoms. The van der Waals surface area contributed by atoms with Crippen molar-refractivity contribution in [2.45, 2.75) is 65.5 Å². The summed E-state index contributed by atoms with van der Waals surface area (Å²) in [4.78, 5) is 2.78. The molecule has 1 N–H and O–H groups in total. The van der Waals surface area contributed by atoms with Crippen LogP contribution in [0.3, 0.4) is 0 Å². The van der Waals surface area contributed by atoms with Gasteiger partial charge in [0.25, 0.3) is 0 Å². The fourth-order valence-corrected chi connectivity index (χ4v) is 3.16. The second-order valence-corrected chi connectivity index (χ2v) is 7.33. The zero-order valence-electron chi connectivity index (χ0n) is 12.8. The minimum absolute atomic E-state index is 0.793. The Bertz CT molecular complexity index is 235. The summed E-state index contributed by atoms with van der Waals surface area (Å²) < 4.78 is 0. The van der Waals surface area contributed by atoms with Gasteiger partial charge in [-0.2, -0.15) is 0 Å². The lowest BCUT2D eigenvalue weighted by molar-refractivity contribution is 0.0434. The van der Waals surface area contributed by atoms with Crippen LogP contribution in [0.25, 0.3) is 0 Å². The molecular weight excluding hydrogens is 220 g/mol. The van der Waals surface area contributed by atoms with Crippen LogP contribution in [-0.2, 0) is 0 Å². The lowest BCUT2D eigenvalue weighted by Gasteiger charge is -2.46. The van der Waals surface area contributed by atoms with Crippen LogP contribution in [0.4, 0.5) is 0 Å². The summed E-state index contributed by atoms with van der Waals surface area (Å²) in [6.07, 6.45) is 5.70. The van der Waals surface area contributed by atoms with Gasteiger partial charge in [0.1, 0.15) is 0 Å². The Morgan fingerprint density at radius 3 is 1.94 bits per heavy atom. The van der Waals surface area contributed by atoms with Gasteiger partial charge in [-0.3, -0.25) is 4.90 Å². The zero-order valence-corrected chi connectivity index (χ0v) is 12.8. The molecule has 2 saturated carbocycles. The van der Waals surface area contributed by atoms with Crippen molar-refractivity contribution in [3.63, 3.8) is 0 Å². The van der Waals surface area contributed by atoms with Gasteiger partial charge < -0.3 is 5.32 Å². The fourth-order valence-electron chi connectivity index (χ4n) is 3.16. The second-order valence-electron chi connectivity index (χ2n) is 7.33. The Morgan fingerprint density at radius 1 is 0.944 bits per heavy atom. The number of nitrogens with one attached hydrogen (secondary N) is 1. The first-order valence-electron chi connectivity index (χ1n) is 8.03. The second kappa shape index (κ2) is 6.38. The molecule has 2 heteroatoms. The van der Waals surface area contributed by atoms with Crippen molar-refractivity contribution in [3.05, 3.63) is 0 Å². The maximum atomic E-state index is 3.72. The van der Waals surface area contributed by atoms with Crippen molar-refractivity contribution in [1.29, 1.82) is 0 Å². The average Bonchev–Trinajstić information content (AvgIpc) is 2.97. The molecule has 0 aromatic carbocycles. The van der Waals surface area contributed by atoms with E-state index in [1.165, 1.54) is 45.3 Å². The summed E-state index contributed by atoms with van der Waals surface area (Å²) in [5.41, 5.74) is 0. The summed E-state index contributed by atoms with van der Waals surface area (Å²) >= 11 is 0. The van der Waals surface area contributed by atoms with E-state index in [1.807, 2.05) is 0 Å². The van der Waals surface area contributed by atoms with E-state index in [-0.39, 0.29) is 0 Å². The predicted octanol–water partition coefficient (Wildman–Crippen LogP) is 3.13. The van der Waals surface area contributed by atoms with Gasteiger partial charge in [0, 0.05) is 25.2 Å². The smallest absolute Gasteiger partial charge is 0.0136 e. The van der Waals surface area contributed by atoms with Gasteiger partial charge in [-0.15, -0.1) is 0 Å². The molecule has 2 aliphatic carbocycles. The lowest BCUT2D eigenvalue weighted by Crippen LogP contribution is -2.52. The third kappa shape index (κ3) is 4.24. The van der Waals surface area contributed by atoms with Crippen LogP contribution in [0.5, 0.6) is 0 Å². The Balaban J connectivity index is 1.79. The highest BCUT2D eigenvalue weighted by Gasteiger charge is 2.36. The van der Waals surface area contributed by atoms with Crippen LogP contribution in [0.1, 0.15) is 53.4 Å². The normalized spacial score (nSPS) is 28.2. The van der Waals surface area contributed by atoms with Crippen LogP contribution < -0.4 is 5.32 Å². The molecule has 2 unspecified atom stereocenters. The van der Waals surface area contributed by atoms with Gasteiger partial charge in [0.05, 0.1) is 0 Å². The number of hydrogen-bond acceptors (Lipinski definition) is 2. The molecule has 0 heterocycles. The van der Waals surface area contributed by atoms with Gasteiger partial charge in [-0.1, -0.05) is 27.7 Å². The van der Waals surface area contributed by atoms with Gasteiger partial charge >= 0.3 is 0 Å². The Hall–Kier alpha value is -0.0800. The van der Waals surface area contributed by atoms with E-state index in [2.05, 4.69) is 37.9 Å². The van der Waals surface area contributed by atoms with E-state index in [0.29, 0.717) is 0 Å². The van der Waals surface area contributed by atoms with Crippen molar-refractivity contribution in [2.24, 2.45) is 17.8 Å². The van der Waals surface area contributed by atoms with Crippen molar-refractivity contribution in [2.75, 3.05) is 19.6 Å². The molecule has 0 aromatic heterocycles. The molecule has 2 fully saturated rings. The average molecular weight is 252 g/mol. The lowest BCUT2D eigenvalue weighted by atomic mass is 9.77. The molecule has 0 amide bonds. The van der Waals surface area contributed by atoms with E-state index >= 15 is 0 Å². The van der Waals surface area contributed by atoms with Gasteiger partial charge in [-0.25, -0.2) is 0 Å². The van der Waals surface area contributed by atoms with Crippen LogP contribution in [0, 0.1) is 17.8 Å². The molecule has 106 valence electrons. The molecule has 0 aromatic rings. The Labute approximate surface area is 114 Å². The minimum Gasteiger partial charge on any atom is -0.314 e. The monoisotopic (exact) mass is 252 g/mol. The number of nitrogens with zero attached hydrogens (tertiary/aromatic N) is 1. The van der Waals surface area contributed by atoms with E-state index < -0.39 is 0 Å². The van der Waals surface area contributed by atoms with E-state index in [1.54, 1.807) is 0 Å². The predicted molar refractivity (Wildman–Crippen MR) is 78.8 cm³/mol. The van der Waals surface area contributed by atoms with Crippen molar-refractivity contribution >= 4 is 0 Å². The van der Waals surface area contributed by atoms with E-state index in [4.69, 9.17) is 0 Å². The maximum Gasteiger partial charge on any atom is 0.0136 e. The Kier molecular flexibility index (Phi) is 5.08. The van der Waals surface area contributed by atoms with Gasteiger partial charge in [0.2, 0.25) is 0 Å². The summed E-state index contributed by atoms with van der Waals surface area (Å²) in [6, 6.07) is 1.73. The first-order valence-corrected chi connectivity index (χ1v) is 8.03. The molecule has 2 rings (SSSR count). The van der Waals surface area contributed by atoms with Gasteiger partial charge in [-0.05, 0) is 50.0 Å². The molecule has 0 aliphatic heterocycles. The third-order valence-electron chi connectivity index (χ3n) is 4.29. The van der Waals surface area contributed by atoms with Crippen LogP contribution >= 0.6 is 0 Å². The van der Waals surface area contributed by atoms with Crippen molar-refractivity contribution in [3.8, 4) is 0 Å². The Morgan fingerprint density at radius 2 is 1.56 bits per heavy atom. The zero-order chi connectivity index (χ0) is 13.1. The largest absolute Gasteiger partial charge is 0.314 e. The standard InChI is InChI=1S/C16H32N2/c1-12(2)10-18(11-13(3)4)16-8-5-14(16)9-17-15-6-7-15/h12-17H,5-11H2,1-4H3. The fraction of sp³-hybridized carbons (Fsp3) is 1.00. The number of hydrogen-bond donors (Lipinski definition) is 1.